The number of pyridine rings is 1. The van der Waals surface area contributed by atoms with E-state index in [2.05, 4.69) is 58.5 Å². The quantitative estimate of drug-likeness (QED) is 0.122. The van der Waals surface area contributed by atoms with Crippen LogP contribution in [0, 0.1) is 19.8 Å². The van der Waals surface area contributed by atoms with E-state index in [0.717, 1.165) is 120 Å². The molecule has 0 aliphatic carbocycles. The summed E-state index contributed by atoms with van der Waals surface area (Å²) in [6.45, 7) is 11.5. The minimum Gasteiger partial charge on any atom is -0.491 e. The van der Waals surface area contributed by atoms with Gasteiger partial charge < -0.3 is 24.4 Å². The number of aromatic nitrogens is 1. The smallest absolute Gasteiger partial charge is 0.251 e. The molecule has 1 fully saturated rings. The second-order valence-corrected chi connectivity index (χ2v) is 15.6. The molecular weight excluding hydrogens is 683 g/mol. The van der Waals surface area contributed by atoms with E-state index in [4.69, 9.17) is 14.2 Å². The Morgan fingerprint density at radius 3 is 2.49 bits per heavy atom. The van der Waals surface area contributed by atoms with Crippen LogP contribution < -0.4 is 15.0 Å². The largest absolute Gasteiger partial charge is 0.491 e. The molecule has 0 bridgehead atoms. The number of carbonyl (C=O) groups is 1. The van der Waals surface area contributed by atoms with E-state index in [-0.39, 0.29) is 5.91 Å². The zero-order valence-corrected chi connectivity index (χ0v) is 32.2. The molecule has 8 nitrogen and oxygen atoms in total. The Labute approximate surface area is 317 Å². The molecule has 53 heavy (non-hydrogen) atoms. The number of benzene rings is 3. The Morgan fingerprint density at radius 1 is 0.962 bits per heavy atom. The lowest BCUT2D eigenvalue weighted by molar-refractivity contribution is -0.112. The van der Waals surface area contributed by atoms with Crippen molar-refractivity contribution in [2.24, 2.45) is 5.92 Å². The third-order valence-electron chi connectivity index (χ3n) is 10.0. The third kappa shape index (κ3) is 10.9. The summed E-state index contributed by atoms with van der Waals surface area (Å²) in [5, 5.41) is 3.12. The topological polar surface area (TPSA) is 90.0 Å². The lowest BCUT2D eigenvalue weighted by Crippen LogP contribution is -2.34. The highest BCUT2D eigenvalue weighted by Gasteiger charge is 2.23. The SMILES string of the molecule is CCCCOCCOc1ccc(-c2ccc3c(c2)/C=C(/C(=O)Nc2ccc(S(=O)Cc4cnc(C)cc4C)cc2)CCCN3CC2CCOCC2)cc1. The van der Waals surface area contributed by atoms with Crippen LogP contribution in [0.4, 0.5) is 11.4 Å². The first-order valence-electron chi connectivity index (χ1n) is 19.1. The number of amides is 1. The minimum atomic E-state index is -1.22. The summed E-state index contributed by atoms with van der Waals surface area (Å²) in [6, 6.07) is 24.2. The Bertz CT molecular complexity index is 1870. The van der Waals surface area contributed by atoms with Crippen molar-refractivity contribution < 1.29 is 23.2 Å². The Hall–Kier alpha value is -4.31. The van der Waals surface area contributed by atoms with E-state index in [9.17, 15) is 9.00 Å². The molecule has 9 heteroatoms. The lowest BCUT2D eigenvalue weighted by Gasteiger charge is -2.33. The van der Waals surface area contributed by atoms with Gasteiger partial charge in [0.25, 0.3) is 5.91 Å². The molecule has 1 amide bonds. The molecule has 0 saturated carbocycles. The molecule has 3 aromatic carbocycles. The molecule has 3 heterocycles. The van der Waals surface area contributed by atoms with Gasteiger partial charge >= 0.3 is 0 Å². The fourth-order valence-corrected chi connectivity index (χ4v) is 8.09. The number of nitrogens with zero attached hydrogens (tertiary/aromatic N) is 2. The van der Waals surface area contributed by atoms with Crippen LogP contribution in [0.1, 0.15) is 67.8 Å². The molecule has 1 N–H and O–H groups in total. The molecule has 0 radical (unpaired) electrons. The lowest BCUT2D eigenvalue weighted by atomic mass is 9.94. The van der Waals surface area contributed by atoms with Crippen molar-refractivity contribution >= 4 is 34.2 Å². The number of rotatable bonds is 15. The van der Waals surface area contributed by atoms with Crippen LogP contribution in [0.5, 0.6) is 5.75 Å². The molecular formula is C44H53N3O5S. The van der Waals surface area contributed by atoms with Crippen molar-refractivity contribution in [2.75, 3.05) is 56.3 Å². The van der Waals surface area contributed by atoms with Crippen molar-refractivity contribution in [3.8, 4) is 16.9 Å². The second-order valence-electron chi connectivity index (χ2n) is 14.1. The van der Waals surface area contributed by atoms with Crippen LogP contribution in [0.3, 0.4) is 0 Å². The maximum atomic E-state index is 13.8. The van der Waals surface area contributed by atoms with Crippen molar-refractivity contribution in [1.82, 2.24) is 4.98 Å². The first kappa shape index (κ1) is 38.4. The van der Waals surface area contributed by atoms with Crippen LogP contribution in [0.25, 0.3) is 17.2 Å². The number of fused-ring (bicyclic) bond motifs is 1. The maximum absolute atomic E-state index is 13.8. The zero-order chi connectivity index (χ0) is 37.0. The number of hydrogen-bond donors (Lipinski definition) is 1. The summed E-state index contributed by atoms with van der Waals surface area (Å²) in [5.41, 5.74) is 8.79. The van der Waals surface area contributed by atoms with Crippen LogP contribution in [0.2, 0.25) is 0 Å². The highest BCUT2D eigenvalue weighted by atomic mass is 32.2. The first-order valence-corrected chi connectivity index (χ1v) is 20.4. The van der Waals surface area contributed by atoms with Crippen LogP contribution >= 0.6 is 0 Å². The molecule has 2 aliphatic heterocycles. The summed E-state index contributed by atoms with van der Waals surface area (Å²) in [5.74, 6) is 1.69. The minimum absolute atomic E-state index is 0.116. The molecule has 1 aromatic heterocycles. The average Bonchev–Trinajstić information content (AvgIpc) is 3.16. The van der Waals surface area contributed by atoms with Gasteiger partial charge in [-0.3, -0.25) is 14.0 Å². The molecule has 4 aromatic rings. The molecule has 0 spiro atoms. The summed E-state index contributed by atoms with van der Waals surface area (Å²) < 4.78 is 30.4. The third-order valence-corrected chi connectivity index (χ3v) is 11.4. The predicted octanol–water partition coefficient (Wildman–Crippen LogP) is 8.92. The Kier molecular flexibility index (Phi) is 13.9. The molecule has 1 saturated heterocycles. The zero-order valence-electron chi connectivity index (χ0n) is 31.4. The summed E-state index contributed by atoms with van der Waals surface area (Å²) >= 11 is 0. The molecule has 6 rings (SSSR count). The summed E-state index contributed by atoms with van der Waals surface area (Å²) in [7, 11) is -1.22. The van der Waals surface area contributed by atoms with Gasteiger partial charge in [0.15, 0.2) is 0 Å². The monoisotopic (exact) mass is 735 g/mol. The van der Waals surface area contributed by atoms with Gasteiger partial charge in [0.1, 0.15) is 12.4 Å². The fraction of sp³-hybridized carbons (Fsp3) is 0.409. The molecule has 1 atom stereocenters. The molecule has 2 aliphatic rings. The van der Waals surface area contributed by atoms with Crippen LogP contribution in [-0.4, -0.2) is 61.2 Å². The summed E-state index contributed by atoms with van der Waals surface area (Å²) in [6.07, 6.45) is 9.75. The van der Waals surface area contributed by atoms with Gasteiger partial charge in [-0.2, -0.15) is 0 Å². The highest BCUT2D eigenvalue weighted by molar-refractivity contribution is 7.84. The van der Waals surface area contributed by atoms with Crippen molar-refractivity contribution in [2.45, 2.75) is 69.9 Å². The average molecular weight is 736 g/mol. The second kappa shape index (κ2) is 19.1. The molecule has 1 unspecified atom stereocenters. The van der Waals surface area contributed by atoms with Crippen LogP contribution in [0.15, 0.2) is 89.5 Å². The van der Waals surface area contributed by atoms with Gasteiger partial charge in [-0.1, -0.05) is 31.5 Å². The molecule has 280 valence electrons. The van der Waals surface area contributed by atoms with Gasteiger partial charge in [0.2, 0.25) is 0 Å². The fourth-order valence-electron chi connectivity index (χ4n) is 6.90. The predicted molar refractivity (Wildman–Crippen MR) is 215 cm³/mol. The van der Waals surface area contributed by atoms with E-state index in [1.165, 1.54) is 0 Å². The van der Waals surface area contributed by atoms with Crippen molar-refractivity contribution in [3.05, 3.63) is 107 Å². The van der Waals surface area contributed by atoms with Gasteiger partial charge in [0, 0.05) is 66.6 Å². The Balaban J connectivity index is 1.18. The van der Waals surface area contributed by atoms with E-state index in [1.807, 2.05) is 62.5 Å². The van der Waals surface area contributed by atoms with Gasteiger partial charge in [-0.25, -0.2) is 0 Å². The number of aryl methyl sites for hydroxylation is 2. The number of hydrogen-bond acceptors (Lipinski definition) is 7. The number of ether oxygens (including phenoxy) is 3. The van der Waals surface area contributed by atoms with Gasteiger partial charge in [0.05, 0.1) is 23.2 Å². The van der Waals surface area contributed by atoms with E-state index < -0.39 is 10.8 Å². The van der Waals surface area contributed by atoms with Crippen LogP contribution in [-0.2, 0) is 30.8 Å². The number of unbranched alkanes of at least 4 members (excludes halogenated alkanes) is 1. The number of anilines is 2. The maximum Gasteiger partial charge on any atom is 0.251 e. The standard InChI is InChI=1S/C44H53N3O5S/c1-4-5-21-50-24-25-52-41-13-8-35(9-14-41)36-10-17-43-38(27-36)28-37(7-6-20-47(43)30-34-18-22-51-23-19-34)44(48)46-40-11-15-42(16-12-40)53(49)31-39-29-45-33(3)26-32(39)2/h8-17,26-29,34H,4-7,18-25,30-31H2,1-3H3,(H,46,48)/b37-28+. The number of nitrogens with one attached hydrogen (secondary N) is 1. The van der Waals surface area contributed by atoms with Gasteiger partial charge in [-0.15, -0.1) is 0 Å². The first-order chi connectivity index (χ1) is 25.9. The van der Waals surface area contributed by atoms with E-state index >= 15 is 0 Å². The summed E-state index contributed by atoms with van der Waals surface area (Å²) in [4.78, 5) is 21.4. The van der Waals surface area contributed by atoms with E-state index in [1.54, 1.807) is 0 Å². The normalized spacial score (nSPS) is 16.5. The van der Waals surface area contributed by atoms with Crippen molar-refractivity contribution in [3.63, 3.8) is 0 Å². The van der Waals surface area contributed by atoms with E-state index in [0.29, 0.717) is 37.0 Å². The highest BCUT2D eigenvalue weighted by Crippen LogP contribution is 2.34. The van der Waals surface area contributed by atoms with Gasteiger partial charge in [-0.05, 0) is 140 Å². The number of carbonyl (C=O) groups excluding carboxylic acids is 1. The van der Waals surface area contributed by atoms with Crippen molar-refractivity contribution in [1.29, 1.82) is 0 Å². The Morgan fingerprint density at radius 2 is 1.74 bits per heavy atom.